The van der Waals surface area contributed by atoms with Crippen molar-refractivity contribution in [1.82, 2.24) is 0 Å². The molecule has 0 saturated heterocycles. The number of hydrogen-bond donors (Lipinski definition) is 1. The molecule has 4 aromatic rings. The summed E-state index contributed by atoms with van der Waals surface area (Å²) in [5.74, 6) is -11.1. The van der Waals surface area contributed by atoms with Crippen LogP contribution in [-0.4, -0.2) is 12.1 Å². The molecule has 2 nitrogen and oxygen atoms in total. The Morgan fingerprint density at radius 1 is 0.629 bits per heavy atom. The third-order valence-corrected chi connectivity index (χ3v) is 5.88. The molecule has 4 aromatic carbocycles. The van der Waals surface area contributed by atoms with Crippen molar-refractivity contribution in [3.63, 3.8) is 0 Å². The van der Waals surface area contributed by atoms with Crippen molar-refractivity contribution in [2.24, 2.45) is 0 Å². The first-order valence-corrected chi connectivity index (χ1v) is 10.2. The van der Waals surface area contributed by atoms with Gasteiger partial charge in [0.1, 0.15) is 11.6 Å². The first-order chi connectivity index (χ1) is 16.7. The number of para-hydroxylation sites is 1. The van der Waals surface area contributed by atoms with Crippen LogP contribution in [0.15, 0.2) is 54.6 Å². The van der Waals surface area contributed by atoms with Gasteiger partial charge in [-0.05, 0) is 41.8 Å². The van der Waals surface area contributed by atoms with Gasteiger partial charge in [0, 0.05) is 27.7 Å². The number of hydrogen-bond acceptors (Lipinski definition) is 2. The van der Waals surface area contributed by atoms with Crippen LogP contribution in [0.5, 0.6) is 5.75 Å². The Hall–Kier alpha value is -3.79. The molecule has 5 rings (SSSR count). The molecular formula is C25H12BF7O2. The van der Waals surface area contributed by atoms with E-state index in [-0.39, 0.29) is 34.4 Å². The standard InChI is InChI=1S/C25H12BF7O2/c27-15-6-3-4-11-10-14-19(18(11)15)23(31)25(33)24(32)20(14)26(34)35-17-7-2-1-5-12(17)13-8-9-16(28)22(30)21(13)29/h1-9,34H,10H2. The summed E-state index contributed by atoms with van der Waals surface area (Å²) in [4.78, 5) is 0. The van der Waals surface area contributed by atoms with Crippen molar-refractivity contribution < 1.29 is 40.4 Å². The van der Waals surface area contributed by atoms with Crippen molar-refractivity contribution in [2.45, 2.75) is 6.42 Å². The first-order valence-electron chi connectivity index (χ1n) is 10.2. The van der Waals surface area contributed by atoms with Crippen LogP contribution in [0, 0.1) is 40.7 Å². The molecule has 35 heavy (non-hydrogen) atoms. The van der Waals surface area contributed by atoms with Gasteiger partial charge in [0.15, 0.2) is 34.9 Å². The zero-order chi connectivity index (χ0) is 25.0. The quantitative estimate of drug-likeness (QED) is 0.201. The van der Waals surface area contributed by atoms with Crippen LogP contribution in [-0.2, 0) is 6.42 Å². The highest BCUT2D eigenvalue weighted by atomic mass is 19.2. The molecule has 0 heterocycles. The maximum Gasteiger partial charge on any atom is 0.563 e. The van der Waals surface area contributed by atoms with E-state index < -0.39 is 64.4 Å². The van der Waals surface area contributed by atoms with Gasteiger partial charge in [0.05, 0.1) is 0 Å². The lowest BCUT2D eigenvalue weighted by molar-refractivity contribution is 0.420. The van der Waals surface area contributed by atoms with Crippen LogP contribution < -0.4 is 10.1 Å². The maximum atomic E-state index is 14.9. The van der Waals surface area contributed by atoms with Gasteiger partial charge in [-0.15, -0.1) is 0 Å². The summed E-state index contributed by atoms with van der Waals surface area (Å²) in [7, 11) is -2.24. The van der Waals surface area contributed by atoms with Gasteiger partial charge in [-0.1, -0.05) is 30.3 Å². The van der Waals surface area contributed by atoms with E-state index >= 15 is 0 Å². The summed E-state index contributed by atoms with van der Waals surface area (Å²) in [6.07, 6.45) is -0.217. The highest BCUT2D eigenvalue weighted by Gasteiger charge is 2.38. The average molecular weight is 488 g/mol. The van der Waals surface area contributed by atoms with Crippen LogP contribution in [0.2, 0.25) is 0 Å². The summed E-state index contributed by atoms with van der Waals surface area (Å²) in [5.41, 5.74) is -2.07. The molecule has 1 N–H and O–H groups in total. The first kappa shape index (κ1) is 23.0. The molecule has 1 aliphatic carbocycles. The van der Waals surface area contributed by atoms with E-state index in [1.807, 2.05) is 0 Å². The second-order valence-corrected chi connectivity index (χ2v) is 7.85. The Morgan fingerprint density at radius 2 is 1.37 bits per heavy atom. The second kappa shape index (κ2) is 8.46. The summed E-state index contributed by atoms with van der Waals surface area (Å²) in [5, 5.41) is 10.7. The monoisotopic (exact) mass is 488 g/mol. The van der Waals surface area contributed by atoms with Crippen LogP contribution >= 0.6 is 0 Å². The molecule has 176 valence electrons. The Labute approximate surface area is 194 Å². The molecule has 0 aliphatic heterocycles. The molecule has 0 saturated carbocycles. The molecule has 1 aliphatic rings. The number of rotatable bonds is 4. The Morgan fingerprint density at radius 3 is 2.14 bits per heavy atom. The van der Waals surface area contributed by atoms with Crippen LogP contribution in [0.25, 0.3) is 22.3 Å². The molecule has 10 heteroatoms. The predicted octanol–water partition coefficient (Wildman–Crippen LogP) is 5.67. The summed E-state index contributed by atoms with van der Waals surface area (Å²) in [6.45, 7) is 0. The van der Waals surface area contributed by atoms with Gasteiger partial charge in [0.2, 0.25) is 0 Å². The van der Waals surface area contributed by atoms with Crippen molar-refractivity contribution >= 4 is 12.6 Å². The minimum Gasteiger partial charge on any atom is -0.532 e. The fourth-order valence-corrected chi connectivity index (χ4v) is 4.32. The number of benzene rings is 4. The predicted molar refractivity (Wildman–Crippen MR) is 115 cm³/mol. The number of fused-ring (bicyclic) bond motifs is 3. The fraction of sp³-hybridized carbons (Fsp3) is 0.0400. The van der Waals surface area contributed by atoms with Crippen LogP contribution in [0.1, 0.15) is 11.1 Å². The van der Waals surface area contributed by atoms with Gasteiger partial charge in [0.25, 0.3) is 0 Å². The van der Waals surface area contributed by atoms with E-state index in [0.29, 0.717) is 6.07 Å². The van der Waals surface area contributed by atoms with Gasteiger partial charge < -0.3 is 9.68 Å². The van der Waals surface area contributed by atoms with Gasteiger partial charge in [-0.2, -0.15) is 0 Å². The van der Waals surface area contributed by atoms with Crippen LogP contribution in [0.4, 0.5) is 30.7 Å². The molecule has 0 radical (unpaired) electrons. The Kier molecular flexibility index (Phi) is 5.55. The van der Waals surface area contributed by atoms with Gasteiger partial charge in [-0.3, -0.25) is 0 Å². The maximum absolute atomic E-state index is 14.9. The zero-order valence-corrected chi connectivity index (χ0v) is 17.5. The Bertz CT molecular complexity index is 1510. The van der Waals surface area contributed by atoms with Gasteiger partial charge >= 0.3 is 7.12 Å². The van der Waals surface area contributed by atoms with Crippen molar-refractivity contribution in [2.75, 3.05) is 0 Å². The third-order valence-electron chi connectivity index (χ3n) is 5.88. The van der Waals surface area contributed by atoms with E-state index in [9.17, 15) is 35.8 Å². The van der Waals surface area contributed by atoms with Crippen molar-refractivity contribution in [1.29, 1.82) is 0 Å². The topological polar surface area (TPSA) is 29.5 Å². The average Bonchev–Trinajstić information content (AvgIpc) is 3.22. The summed E-state index contributed by atoms with van der Waals surface area (Å²) >= 11 is 0. The normalized spacial score (nSPS) is 11.9. The van der Waals surface area contributed by atoms with E-state index in [0.717, 1.165) is 12.1 Å². The van der Waals surface area contributed by atoms with Crippen molar-refractivity contribution in [3.05, 3.63) is 106 Å². The molecule has 0 amide bonds. The molecule has 0 aromatic heterocycles. The summed E-state index contributed by atoms with van der Waals surface area (Å²) < 4.78 is 105. The third kappa shape index (κ3) is 3.56. The lowest BCUT2D eigenvalue weighted by Crippen LogP contribution is -2.42. The molecule has 0 unspecified atom stereocenters. The van der Waals surface area contributed by atoms with Crippen LogP contribution in [0.3, 0.4) is 0 Å². The van der Waals surface area contributed by atoms with E-state index in [2.05, 4.69) is 0 Å². The molecule has 0 spiro atoms. The van der Waals surface area contributed by atoms with E-state index in [1.165, 1.54) is 36.4 Å². The number of halogens is 7. The molecule has 0 fully saturated rings. The fourth-order valence-electron chi connectivity index (χ4n) is 4.32. The smallest absolute Gasteiger partial charge is 0.532 e. The Balaban J connectivity index is 1.62. The highest BCUT2D eigenvalue weighted by molar-refractivity contribution is 6.61. The van der Waals surface area contributed by atoms with Crippen molar-refractivity contribution in [3.8, 4) is 28.0 Å². The molecular weight excluding hydrogens is 476 g/mol. The largest absolute Gasteiger partial charge is 0.563 e. The summed E-state index contributed by atoms with van der Waals surface area (Å²) in [6, 6.07) is 10.8. The molecule has 0 atom stereocenters. The highest BCUT2D eigenvalue weighted by Crippen LogP contribution is 2.41. The second-order valence-electron chi connectivity index (χ2n) is 7.85. The lowest BCUT2D eigenvalue weighted by atomic mass is 9.74. The minimum absolute atomic E-state index is 0.128. The van der Waals surface area contributed by atoms with Gasteiger partial charge in [-0.25, -0.2) is 30.7 Å². The zero-order valence-electron chi connectivity index (χ0n) is 17.5. The van der Waals surface area contributed by atoms with E-state index in [4.69, 9.17) is 4.65 Å². The lowest BCUT2D eigenvalue weighted by Gasteiger charge is -2.18. The van der Waals surface area contributed by atoms with E-state index in [1.54, 1.807) is 0 Å². The minimum atomic E-state index is -2.24. The molecule has 0 bridgehead atoms. The SMILES string of the molecule is OB(Oc1ccccc1-c1ccc(F)c(F)c1F)c1c(F)c(F)c(F)c2c1Cc1cccc(F)c1-2.